The van der Waals surface area contributed by atoms with E-state index in [-0.39, 0.29) is 30.4 Å². The van der Waals surface area contributed by atoms with Crippen molar-refractivity contribution >= 4 is 17.7 Å². The van der Waals surface area contributed by atoms with Crippen molar-refractivity contribution in [1.29, 1.82) is 0 Å². The number of hydrogen-bond donors (Lipinski definition) is 1. The summed E-state index contributed by atoms with van der Waals surface area (Å²) in [5.74, 6) is -0.120. The Bertz CT molecular complexity index is 842. The maximum atomic E-state index is 12.8. The predicted octanol–water partition coefficient (Wildman–Crippen LogP) is 1.33. The lowest BCUT2D eigenvalue weighted by atomic mass is 10.0. The molecule has 1 unspecified atom stereocenters. The molecule has 30 heavy (non-hydrogen) atoms. The maximum absolute atomic E-state index is 12.8. The second-order valence-electron chi connectivity index (χ2n) is 8.12. The molecule has 8 nitrogen and oxygen atoms in total. The number of carbonyl (C=O) groups excluding carboxylic acids is 3. The lowest BCUT2D eigenvalue weighted by Crippen LogP contribution is -2.52. The number of amides is 3. The Hall–Kier alpha value is -2.45. The number of nitrogens with zero attached hydrogens (tertiary/aromatic N) is 2. The first-order chi connectivity index (χ1) is 14.5. The number of likely N-dealkylation sites (N-methyl/N-ethyl adjacent to an activating group) is 1. The van der Waals surface area contributed by atoms with Gasteiger partial charge in [0.2, 0.25) is 11.8 Å². The number of piperidine rings is 2. The fourth-order valence-electron chi connectivity index (χ4n) is 4.61. The smallest absolute Gasteiger partial charge is 0.255 e. The Morgan fingerprint density at radius 3 is 2.67 bits per heavy atom. The van der Waals surface area contributed by atoms with Crippen LogP contribution >= 0.6 is 0 Å². The van der Waals surface area contributed by atoms with E-state index >= 15 is 0 Å². The normalized spacial score (nSPS) is 27.2. The number of benzene rings is 1. The number of rotatable bonds is 6. The lowest BCUT2D eigenvalue weighted by molar-refractivity contribution is -0.136. The van der Waals surface area contributed by atoms with E-state index in [4.69, 9.17) is 9.47 Å². The van der Waals surface area contributed by atoms with Crippen LogP contribution in [0.4, 0.5) is 0 Å². The third kappa shape index (κ3) is 4.20. The summed E-state index contributed by atoms with van der Waals surface area (Å²) in [4.78, 5) is 40.3. The Kier molecular flexibility index (Phi) is 6.06. The molecule has 3 aliphatic rings. The second-order valence-corrected chi connectivity index (χ2v) is 8.12. The quantitative estimate of drug-likeness (QED) is 0.706. The monoisotopic (exact) mass is 415 g/mol. The van der Waals surface area contributed by atoms with Crippen molar-refractivity contribution in [1.82, 2.24) is 15.1 Å². The van der Waals surface area contributed by atoms with Crippen LogP contribution in [-0.4, -0.2) is 72.0 Å². The van der Waals surface area contributed by atoms with Gasteiger partial charge in [0.15, 0.2) is 0 Å². The summed E-state index contributed by atoms with van der Waals surface area (Å²) in [5, 5.41) is 2.33. The SMILES string of the molecule is CCO[C@@H]1C[C@@H](Oc2ccc3c(c2)CN(C2CCC(=O)NC2=O)C3=O)CN(CC)C1. The van der Waals surface area contributed by atoms with Gasteiger partial charge in [0.25, 0.3) is 5.91 Å². The maximum Gasteiger partial charge on any atom is 0.255 e. The minimum Gasteiger partial charge on any atom is -0.489 e. The van der Waals surface area contributed by atoms with E-state index in [1.807, 2.05) is 19.1 Å². The molecular weight excluding hydrogens is 386 g/mol. The first-order valence-electron chi connectivity index (χ1n) is 10.8. The second kappa shape index (κ2) is 8.73. The van der Waals surface area contributed by atoms with Gasteiger partial charge in [-0.05, 0) is 43.7 Å². The highest BCUT2D eigenvalue weighted by Crippen LogP contribution is 2.31. The summed E-state index contributed by atoms with van der Waals surface area (Å²) < 4.78 is 12.1. The van der Waals surface area contributed by atoms with Crippen LogP contribution in [-0.2, 0) is 20.9 Å². The number of carbonyl (C=O) groups is 3. The number of fused-ring (bicyclic) bond motifs is 1. The molecule has 1 aromatic carbocycles. The number of likely N-dealkylation sites (tertiary alicyclic amines) is 1. The van der Waals surface area contributed by atoms with Crippen molar-refractivity contribution in [2.45, 2.75) is 57.9 Å². The third-order valence-electron chi connectivity index (χ3n) is 6.10. The molecule has 2 saturated heterocycles. The molecular formula is C22H29N3O5. The van der Waals surface area contributed by atoms with Gasteiger partial charge in [-0.15, -0.1) is 0 Å². The Balaban J connectivity index is 1.45. The van der Waals surface area contributed by atoms with E-state index in [9.17, 15) is 14.4 Å². The zero-order valence-corrected chi connectivity index (χ0v) is 17.6. The Morgan fingerprint density at radius 2 is 1.93 bits per heavy atom. The highest BCUT2D eigenvalue weighted by molar-refractivity contribution is 6.05. The van der Waals surface area contributed by atoms with Gasteiger partial charge in [-0.2, -0.15) is 0 Å². The van der Waals surface area contributed by atoms with Crippen LogP contribution in [0.3, 0.4) is 0 Å². The molecule has 8 heteroatoms. The molecule has 0 aliphatic carbocycles. The van der Waals surface area contributed by atoms with Crippen LogP contribution < -0.4 is 10.1 Å². The number of nitrogens with one attached hydrogen (secondary N) is 1. The zero-order valence-electron chi connectivity index (χ0n) is 17.6. The number of hydrogen-bond acceptors (Lipinski definition) is 6. The minimum atomic E-state index is -0.602. The zero-order chi connectivity index (χ0) is 21.3. The summed E-state index contributed by atoms with van der Waals surface area (Å²) >= 11 is 0. The van der Waals surface area contributed by atoms with E-state index in [2.05, 4.69) is 17.1 Å². The lowest BCUT2D eigenvalue weighted by Gasteiger charge is -2.37. The molecule has 3 atom stereocenters. The fraction of sp³-hybridized carbons (Fsp3) is 0.591. The van der Waals surface area contributed by atoms with Crippen LogP contribution in [0.2, 0.25) is 0 Å². The highest BCUT2D eigenvalue weighted by atomic mass is 16.5. The van der Waals surface area contributed by atoms with Crippen molar-refractivity contribution in [3.05, 3.63) is 29.3 Å². The third-order valence-corrected chi connectivity index (χ3v) is 6.10. The standard InChI is InChI=1S/C22H29N3O5/c1-3-24-12-16(29-4-2)10-17(13-24)30-15-5-6-18-14(9-15)11-25(22(18)28)19-7-8-20(26)23-21(19)27/h5-6,9,16-17,19H,3-4,7-8,10-13H2,1-2H3,(H,23,26,27)/t16-,17-,19?/m1/s1. The van der Waals surface area contributed by atoms with Crippen molar-refractivity contribution in [3.63, 3.8) is 0 Å². The average Bonchev–Trinajstić information content (AvgIpc) is 3.04. The topological polar surface area (TPSA) is 88.2 Å². The summed E-state index contributed by atoms with van der Waals surface area (Å²) in [7, 11) is 0. The first-order valence-corrected chi connectivity index (χ1v) is 10.8. The van der Waals surface area contributed by atoms with Crippen molar-refractivity contribution in [2.75, 3.05) is 26.2 Å². The summed E-state index contributed by atoms with van der Waals surface area (Å²) in [6, 6.07) is 4.90. The van der Waals surface area contributed by atoms with E-state index in [1.165, 1.54) is 0 Å². The fourth-order valence-corrected chi connectivity index (χ4v) is 4.61. The molecule has 0 bridgehead atoms. The van der Waals surface area contributed by atoms with E-state index < -0.39 is 11.9 Å². The van der Waals surface area contributed by atoms with Crippen molar-refractivity contribution < 1.29 is 23.9 Å². The van der Waals surface area contributed by atoms with Gasteiger partial charge in [-0.3, -0.25) is 24.6 Å². The van der Waals surface area contributed by atoms with Crippen molar-refractivity contribution in [3.8, 4) is 5.75 Å². The van der Waals surface area contributed by atoms with Crippen LogP contribution in [0, 0.1) is 0 Å². The Labute approximate surface area is 176 Å². The van der Waals surface area contributed by atoms with Gasteiger partial charge < -0.3 is 14.4 Å². The highest BCUT2D eigenvalue weighted by Gasteiger charge is 2.39. The molecule has 1 aromatic rings. The van der Waals surface area contributed by atoms with E-state index in [1.54, 1.807) is 11.0 Å². The van der Waals surface area contributed by atoms with Gasteiger partial charge >= 0.3 is 0 Å². The molecule has 3 heterocycles. The van der Waals surface area contributed by atoms with Crippen LogP contribution in [0.5, 0.6) is 5.75 Å². The summed E-state index contributed by atoms with van der Waals surface area (Å²) in [6.07, 6.45) is 1.63. The summed E-state index contributed by atoms with van der Waals surface area (Å²) in [5.41, 5.74) is 1.45. The molecule has 0 spiro atoms. The van der Waals surface area contributed by atoms with Gasteiger partial charge in [-0.1, -0.05) is 6.92 Å². The van der Waals surface area contributed by atoms with Crippen molar-refractivity contribution in [2.24, 2.45) is 0 Å². The molecule has 4 rings (SSSR count). The molecule has 3 aliphatic heterocycles. The molecule has 0 aromatic heterocycles. The van der Waals surface area contributed by atoms with Crippen LogP contribution in [0.15, 0.2) is 18.2 Å². The average molecular weight is 415 g/mol. The van der Waals surface area contributed by atoms with Crippen LogP contribution in [0.1, 0.15) is 49.0 Å². The van der Waals surface area contributed by atoms with Crippen LogP contribution in [0.25, 0.3) is 0 Å². The van der Waals surface area contributed by atoms with Gasteiger partial charge in [0.1, 0.15) is 17.9 Å². The largest absolute Gasteiger partial charge is 0.489 e. The number of ether oxygens (including phenoxy) is 2. The van der Waals surface area contributed by atoms with Gasteiger partial charge in [0.05, 0.1) is 6.10 Å². The van der Waals surface area contributed by atoms with E-state index in [0.717, 1.165) is 37.4 Å². The molecule has 0 saturated carbocycles. The molecule has 2 fully saturated rings. The molecule has 162 valence electrons. The van der Waals surface area contributed by atoms with Gasteiger partial charge in [-0.25, -0.2) is 0 Å². The molecule has 1 N–H and O–H groups in total. The van der Waals surface area contributed by atoms with Gasteiger partial charge in [0, 0.05) is 44.6 Å². The molecule has 3 amide bonds. The number of imide groups is 1. The summed E-state index contributed by atoms with van der Waals surface area (Å²) in [6.45, 7) is 7.89. The Morgan fingerprint density at radius 1 is 1.13 bits per heavy atom. The first kappa shape index (κ1) is 20.8. The predicted molar refractivity (Wildman–Crippen MR) is 109 cm³/mol. The minimum absolute atomic E-state index is 0.0247. The van der Waals surface area contributed by atoms with E-state index in [0.29, 0.717) is 25.1 Å². The molecule has 0 radical (unpaired) electrons.